The fourth-order valence-corrected chi connectivity index (χ4v) is 2.95. The lowest BCUT2D eigenvalue weighted by atomic mass is 10.2. The number of hydrogen-bond acceptors (Lipinski definition) is 5. The molecular formula is C18H24F3N3O4. The second-order valence-corrected chi connectivity index (χ2v) is 6.85. The summed E-state index contributed by atoms with van der Waals surface area (Å²) in [4.78, 5) is 27.8. The van der Waals surface area contributed by atoms with Crippen LogP contribution in [0.2, 0.25) is 0 Å². The topological polar surface area (TPSA) is 71.1 Å². The SMILES string of the molecule is C[C@H]1CN(C(=O)CN(C)CC(=O)Nc2ccc(OC(F)(F)F)cc2)C[C@H](C)O1. The highest BCUT2D eigenvalue weighted by Gasteiger charge is 2.31. The molecule has 28 heavy (non-hydrogen) atoms. The number of rotatable bonds is 6. The van der Waals surface area contributed by atoms with Crippen molar-refractivity contribution in [3.8, 4) is 5.75 Å². The minimum absolute atomic E-state index is 0.0365. The Hall–Kier alpha value is -2.33. The Morgan fingerprint density at radius 3 is 2.29 bits per heavy atom. The van der Waals surface area contributed by atoms with Crippen LogP contribution in [0.4, 0.5) is 18.9 Å². The van der Waals surface area contributed by atoms with Crippen LogP contribution in [0.5, 0.6) is 5.75 Å². The van der Waals surface area contributed by atoms with Crippen LogP contribution in [0.1, 0.15) is 13.8 Å². The molecule has 1 N–H and O–H groups in total. The maximum atomic E-state index is 12.4. The fraction of sp³-hybridized carbons (Fsp3) is 0.556. The Morgan fingerprint density at radius 2 is 1.75 bits per heavy atom. The first-order valence-electron chi connectivity index (χ1n) is 8.79. The standard InChI is InChI=1S/C18H24F3N3O4/c1-12-8-24(9-13(2)27-12)17(26)11-23(3)10-16(25)22-14-4-6-15(7-5-14)28-18(19,20)21/h4-7,12-13H,8-11H2,1-3H3,(H,22,25)/t12-,13-/m0/s1. The van der Waals surface area contributed by atoms with Crippen LogP contribution >= 0.6 is 0 Å². The number of hydrogen-bond donors (Lipinski definition) is 1. The number of anilines is 1. The average molecular weight is 403 g/mol. The van der Waals surface area contributed by atoms with Gasteiger partial charge in [0.05, 0.1) is 25.3 Å². The fourth-order valence-electron chi connectivity index (χ4n) is 2.95. The van der Waals surface area contributed by atoms with Crippen molar-refractivity contribution in [1.82, 2.24) is 9.80 Å². The molecule has 0 aliphatic carbocycles. The zero-order chi connectivity index (χ0) is 20.9. The second-order valence-electron chi connectivity index (χ2n) is 6.85. The van der Waals surface area contributed by atoms with Crippen molar-refractivity contribution < 1.29 is 32.2 Å². The number of nitrogens with one attached hydrogen (secondary N) is 1. The largest absolute Gasteiger partial charge is 0.573 e. The van der Waals surface area contributed by atoms with E-state index >= 15 is 0 Å². The Morgan fingerprint density at radius 1 is 1.18 bits per heavy atom. The highest BCUT2D eigenvalue weighted by Crippen LogP contribution is 2.23. The van der Waals surface area contributed by atoms with E-state index in [1.165, 1.54) is 12.1 Å². The van der Waals surface area contributed by atoms with Crippen molar-refractivity contribution in [2.75, 3.05) is 38.5 Å². The van der Waals surface area contributed by atoms with Crippen molar-refractivity contribution in [2.45, 2.75) is 32.4 Å². The van der Waals surface area contributed by atoms with Gasteiger partial charge in [0.2, 0.25) is 11.8 Å². The van der Waals surface area contributed by atoms with Gasteiger partial charge in [-0.1, -0.05) is 0 Å². The molecule has 0 aromatic heterocycles. The minimum atomic E-state index is -4.77. The smallest absolute Gasteiger partial charge is 0.406 e. The van der Waals surface area contributed by atoms with Gasteiger partial charge in [0, 0.05) is 18.8 Å². The third-order valence-corrected chi connectivity index (χ3v) is 3.96. The third kappa shape index (κ3) is 7.35. The van der Waals surface area contributed by atoms with E-state index in [-0.39, 0.29) is 42.9 Å². The summed E-state index contributed by atoms with van der Waals surface area (Å²) in [7, 11) is 1.64. The molecule has 2 amide bonds. The van der Waals surface area contributed by atoms with Crippen LogP contribution in [0.25, 0.3) is 0 Å². The number of carbonyl (C=O) groups is 2. The monoisotopic (exact) mass is 403 g/mol. The molecule has 0 saturated carbocycles. The molecule has 0 radical (unpaired) electrons. The van der Waals surface area contributed by atoms with E-state index < -0.39 is 6.36 Å². The Balaban J connectivity index is 1.79. The molecule has 0 bridgehead atoms. The molecule has 156 valence electrons. The van der Waals surface area contributed by atoms with E-state index in [9.17, 15) is 22.8 Å². The molecule has 2 atom stereocenters. The van der Waals surface area contributed by atoms with Crippen LogP contribution in [-0.4, -0.2) is 73.4 Å². The van der Waals surface area contributed by atoms with Gasteiger partial charge >= 0.3 is 6.36 Å². The van der Waals surface area contributed by atoms with Gasteiger partial charge < -0.3 is 19.7 Å². The summed E-state index contributed by atoms with van der Waals surface area (Å²) in [6.07, 6.45) is -4.84. The summed E-state index contributed by atoms with van der Waals surface area (Å²) >= 11 is 0. The summed E-state index contributed by atoms with van der Waals surface area (Å²) < 4.78 is 45.8. The summed E-state index contributed by atoms with van der Waals surface area (Å²) in [6, 6.07) is 4.83. The number of amides is 2. The number of carbonyl (C=O) groups excluding carboxylic acids is 2. The van der Waals surface area contributed by atoms with Crippen LogP contribution in [0, 0.1) is 0 Å². The van der Waals surface area contributed by atoms with Gasteiger partial charge in [-0.15, -0.1) is 13.2 Å². The van der Waals surface area contributed by atoms with Crippen LogP contribution in [-0.2, 0) is 14.3 Å². The maximum Gasteiger partial charge on any atom is 0.573 e. The number of alkyl halides is 3. The van der Waals surface area contributed by atoms with Crippen molar-refractivity contribution in [2.24, 2.45) is 0 Å². The van der Waals surface area contributed by atoms with E-state index in [1.807, 2.05) is 13.8 Å². The number of nitrogens with zero attached hydrogens (tertiary/aromatic N) is 2. The molecule has 10 heteroatoms. The number of halogens is 3. The van der Waals surface area contributed by atoms with Crippen molar-refractivity contribution >= 4 is 17.5 Å². The normalized spacial score (nSPS) is 20.2. The molecule has 1 aromatic carbocycles. The molecule has 1 fully saturated rings. The summed E-state index contributed by atoms with van der Waals surface area (Å²) in [5.74, 6) is -0.850. The van der Waals surface area contributed by atoms with E-state index in [0.717, 1.165) is 12.1 Å². The predicted octanol–water partition coefficient (Wildman–Crippen LogP) is 2.09. The van der Waals surface area contributed by atoms with Crippen LogP contribution in [0.15, 0.2) is 24.3 Å². The highest BCUT2D eigenvalue weighted by atomic mass is 19.4. The second kappa shape index (κ2) is 9.24. The van der Waals surface area contributed by atoms with Crippen molar-refractivity contribution in [1.29, 1.82) is 0 Å². The first kappa shape index (κ1) is 22.0. The first-order valence-corrected chi connectivity index (χ1v) is 8.79. The van der Waals surface area contributed by atoms with Crippen molar-refractivity contribution in [3.63, 3.8) is 0 Å². The van der Waals surface area contributed by atoms with Gasteiger partial charge in [-0.05, 0) is 45.2 Å². The Labute approximate surface area is 161 Å². The van der Waals surface area contributed by atoms with Gasteiger partial charge in [-0.3, -0.25) is 14.5 Å². The average Bonchev–Trinajstić information content (AvgIpc) is 2.54. The lowest BCUT2D eigenvalue weighted by Gasteiger charge is -2.36. The summed E-state index contributed by atoms with van der Waals surface area (Å²) in [6.45, 7) is 4.86. The van der Waals surface area contributed by atoms with Crippen molar-refractivity contribution in [3.05, 3.63) is 24.3 Å². The van der Waals surface area contributed by atoms with Crippen LogP contribution in [0.3, 0.4) is 0 Å². The molecule has 2 rings (SSSR count). The molecule has 1 heterocycles. The molecular weight excluding hydrogens is 379 g/mol. The maximum absolute atomic E-state index is 12.4. The molecule has 7 nitrogen and oxygen atoms in total. The summed E-state index contributed by atoms with van der Waals surface area (Å²) in [5.41, 5.74) is 0.329. The summed E-state index contributed by atoms with van der Waals surface area (Å²) in [5, 5.41) is 2.57. The van der Waals surface area contributed by atoms with E-state index in [4.69, 9.17) is 4.74 Å². The number of morpholine rings is 1. The predicted molar refractivity (Wildman–Crippen MR) is 95.8 cm³/mol. The zero-order valence-corrected chi connectivity index (χ0v) is 16.0. The van der Waals surface area contributed by atoms with Gasteiger partial charge in [-0.25, -0.2) is 0 Å². The number of benzene rings is 1. The quantitative estimate of drug-likeness (QED) is 0.788. The minimum Gasteiger partial charge on any atom is -0.406 e. The highest BCUT2D eigenvalue weighted by molar-refractivity contribution is 5.92. The molecule has 0 unspecified atom stereocenters. The Kier molecular flexibility index (Phi) is 7.25. The zero-order valence-electron chi connectivity index (χ0n) is 16.0. The molecule has 1 aliphatic rings. The Bertz CT molecular complexity index is 672. The molecule has 1 aromatic rings. The third-order valence-electron chi connectivity index (χ3n) is 3.96. The van der Waals surface area contributed by atoms with E-state index in [2.05, 4.69) is 10.1 Å². The number of ether oxygens (including phenoxy) is 2. The molecule has 0 spiro atoms. The lowest BCUT2D eigenvalue weighted by Crippen LogP contribution is -2.51. The van der Waals surface area contributed by atoms with Gasteiger partial charge in [-0.2, -0.15) is 0 Å². The van der Waals surface area contributed by atoms with Gasteiger partial charge in [0.1, 0.15) is 5.75 Å². The lowest BCUT2D eigenvalue weighted by molar-refractivity contribution is -0.274. The molecule has 1 saturated heterocycles. The van der Waals surface area contributed by atoms with Gasteiger partial charge in [0.25, 0.3) is 0 Å². The molecule has 1 aliphatic heterocycles. The van der Waals surface area contributed by atoms with E-state index in [1.54, 1.807) is 16.8 Å². The van der Waals surface area contributed by atoms with Gasteiger partial charge in [0.15, 0.2) is 0 Å². The first-order chi connectivity index (χ1) is 13.0. The van der Waals surface area contributed by atoms with Crippen LogP contribution < -0.4 is 10.1 Å². The van der Waals surface area contributed by atoms with E-state index in [0.29, 0.717) is 18.8 Å². The number of likely N-dealkylation sites (N-methyl/N-ethyl adjacent to an activating group) is 1.